The molecule has 3 aliphatic rings. The predicted molar refractivity (Wildman–Crippen MR) is 87.1 cm³/mol. The van der Waals surface area contributed by atoms with E-state index in [0.717, 1.165) is 0 Å². The fourth-order valence-electron chi connectivity index (χ4n) is 4.13. The molecular formula is C17H24O10. The minimum absolute atomic E-state index is 0.0147. The van der Waals surface area contributed by atoms with E-state index in [0.29, 0.717) is 5.57 Å². The second kappa shape index (κ2) is 7.94. The van der Waals surface area contributed by atoms with Gasteiger partial charge in [0, 0.05) is 17.4 Å². The minimum atomic E-state index is -1.60. The van der Waals surface area contributed by atoms with Crippen LogP contribution in [0.15, 0.2) is 23.3 Å². The standard InChI is InChI=1S/C17H24O10/c18-4-6-3-8(20)12-7(16(24)25)1-2-9(11(6)12)26-17-15(23)14(22)13(21)10(5-19)27-17/h1,3,8-15,17-23H,2,4-5H2,(H,24,25)/t8-,9-,10+,11+,12+,13+,14-,15+,17+/m0/s1. The number of hydrogen-bond acceptors (Lipinski definition) is 9. The molecule has 1 saturated heterocycles. The van der Waals surface area contributed by atoms with Gasteiger partial charge in [0.2, 0.25) is 0 Å². The summed E-state index contributed by atoms with van der Waals surface area (Å²) in [4.78, 5) is 11.5. The van der Waals surface area contributed by atoms with Gasteiger partial charge in [-0.1, -0.05) is 12.2 Å². The first kappa shape index (κ1) is 20.4. The van der Waals surface area contributed by atoms with E-state index in [1.165, 1.54) is 12.2 Å². The van der Waals surface area contributed by atoms with E-state index in [2.05, 4.69) is 0 Å². The third-order valence-electron chi connectivity index (χ3n) is 5.48. The number of aliphatic hydroxyl groups excluding tert-OH is 6. The molecule has 0 spiro atoms. The van der Waals surface area contributed by atoms with Gasteiger partial charge in [0.25, 0.3) is 0 Å². The normalized spacial score (nSPS) is 44.4. The number of aliphatic hydroxyl groups is 6. The minimum Gasteiger partial charge on any atom is -0.478 e. The van der Waals surface area contributed by atoms with Gasteiger partial charge < -0.3 is 45.2 Å². The SMILES string of the molecule is O=C(O)C1=CC[C@H](O[C@@H]2O[C@H](CO)[C@@H](O)[C@H](O)[C@H]2O)[C@H]2C(CO)=C[C@H](O)[C@@H]12. The van der Waals surface area contributed by atoms with Crippen molar-refractivity contribution < 1.29 is 50.0 Å². The van der Waals surface area contributed by atoms with Crippen LogP contribution in [0.3, 0.4) is 0 Å². The number of aliphatic carboxylic acids is 1. The van der Waals surface area contributed by atoms with Crippen LogP contribution in [0.2, 0.25) is 0 Å². The summed E-state index contributed by atoms with van der Waals surface area (Å²) in [6, 6.07) is 0. The summed E-state index contributed by atoms with van der Waals surface area (Å²) in [5.74, 6) is -2.66. The highest BCUT2D eigenvalue weighted by Crippen LogP contribution is 2.45. The Balaban J connectivity index is 1.84. The summed E-state index contributed by atoms with van der Waals surface area (Å²) < 4.78 is 11.1. The van der Waals surface area contributed by atoms with Crippen LogP contribution in [0.25, 0.3) is 0 Å². The summed E-state index contributed by atoms with van der Waals surface area (Å²) in [6.45, 7) is -1.01. The summed E-state index contributed by atoms with van der Waals surface area (Å²) in [6.07, 6.45) is -6.20. The number of rotatable bonds is 5. The van der Waals surface area contributed by atoms with E-state index in [-0.39, 0.29) is 12.0 Å². The smallest absolute Gasteiger partial charge is 0.331 e. The molecule has 3 rings (SSSR count). The highest BCUT2D eigenvalue weighted by molar-refractivity contribution is 5.88. The van der Waals surface area contributed by atoms with Crippen LogP contribution in [-0.4, -0.2) is 97.8 Å². The lowest BCUT2D eigenvalue weighted by molar-refractivity contribution is -0.315. The Morgan fingerprint density at radius 2 is 1.81 bits per heavy atom. The largest absolute Gasteiger partial charge is 0.478 e. The van der Waals surface area contributed by atoms with Crippen LogP contribution >= 0.6 is 0 Å². The third-order valence-corrected chi connectivity index (χ3v) is 5.48. The molecular weight excluding hydrogens is 364 g/mol. The van der Waals surface area contributed by atoms with Gasteiger partial charge in [-0.05, 0) is 12.0 Å². The van der Waals surface area contributed by atoms with Crippen molar-refractivity contribution in [2.45, 2.75) is 49.3 Å². The first-order chi connectivity index (χ1) is 12.8. The van der Waals surface area contributed by atoms with Crippen molar-refractivity contribution in [3.05, 3.63) is 23.3 Å². The Morgan fingerprint density at radius 1 is 1.11 bits per heavy atom. The van der Waals surface area contributed by atoms with Crippen molar-refractivity contribution in [3.63, 3.8) is 0 Å². The van der Waals surface area contributed by atoms with E-state index in [1.807, 2.05) is 0 Å². The second-order valence-corrected chi connectivity index (χ2v) is 7.01. The molecule has 0 unspecified atom stereocenters. The van der Waals surface area contributed by atoms with Gasteiger partial charge in [0.15, 0.2) is 6.29 Å². The van der Waals surface area contributed by atoms with E-state index in [1.54, 1.807) is 0 Å². The number of hydrogen-bond donors (Lipinski definition) is 7. The zero-order valence-electron chi connectivity index (χ0n) is 14.3. The first-order valence-corrected chi connectivity index (χ1v) is 8.69. The Hall–Kier alpha value is -1.37. The molecule has 0 radical (unpaired) electrons. The number of fused-ring (bicyclic) bond motifs is 1. The maximum Gasteiger partial charge on any atom is 0.331 e. The maximum atomic E-state index is 11.5. The van der Waals surface area contributed by atoms with Gasteiger partial charge in [-0.2, -0.15) is 0 Å². The van der Waals surface area contributed by atoms with E-state index in [9.17, 15) is 40.5 Å². The van der Waals surface area contributed by atoms with Crippen molar-refractivity contribution >= 4 is 5.97 Å². The van der Waals surface area contributed by atoms with Crippen LogP contribution in [0.5, 0.6) is 0 Å². The third kappa shape index (κ3) is 3.55. The van der Waals surface area contributed by atoms with Crippen LogP contribution in [0, 0.1) is 11.8 Å². The maximum absolute atomic E-state index is 11.5. The molecule has 2 aliphatic carbocycles. The van der Waals surface area contributed by atoms with Crippen molar-refractivity contribution in [1.29, 1.82) is 0 Å². The molecule has 27 heavy (non-hydrogen) atoms. The van der Waals surface area contributed by atoms with Crippen LogP contribution in [-0.2, 0) is 14.3 Å². The summed E-state index contributed by atoms with van der Waals surface area (Å²) >= 11 is 0. The number of ether oxygens (including phenoxy) is 2. The summed E-state index contributed by atoms with van der Waals surface area (Å²) in [5, 5.41) is 68.4. The zero-order valence-corrected chi connectivity index (χ0v) is 14.3. The summed E-state index contributed by atoms with van der Waals surface area (Å²) in [7, 11) is 0. The van der Waals surface area contributed by atoms with E-state index in [4.69, 9.17) is 9.47 Å². The molecule has 1 fully saturated rings. The number of carbonyl (C=O) groups is 1. The topological polar surface area (TPSA) is 177 Å². The van der Waals surface area contributed by atoms with E-state index < -0.39 is 73.9 Å². The van der Waals surface area contributed by atoms with E-state index >= 15 is 0 Å². The van der Waals surface area contributed by atoms with Gasteiger partial charge in [-0.15, -0.1) is 0 Å². The van der Waals surface area contributed by atoms with Gasteiger partial charge in [-0.3, -0.25) is 0 Å². The van der Waals surface area contributed by atoms with Crippen LogP contribution < -0.4 is 0 Å². The average molecular weight is 388 g/mol. The van der Waals surface area contributed by atoms with Crippen molar-refractivity contribution in [1.82, 2.24) is 0 Å². The molecule has 0 aromatic heterocycles. The molecule has 0 saturated carbocycles. The predicted octanol–water partition coefficient (Wildman–Crippen LogP) is -2.89. The zero-order chi connectivity index (χ0) is 19.9. The molecule has 9 atom stereocenters. The molecule has 0 aromatic rings. The molecule has 1 heterocycles. The quantitative estimate of drug-likeness (QED) is 0.242. The van der Waals surface area contributed by atoms with Gasteiger partial charge >= 0.3 is 5.97 Å². The summed E-state index contributed by atoms with van der Waals surface area (Å²) in [5.41, 5.74) is 0.426. The van der Waals surface area contributed by atoms with Gasteiger partial charge in [0.1, 0.15) is 24.4 Å². The molecule has 0 aromatic carbocycles. The van der Waals surface area contributed by atoms with Crippen molar-refractivity contribution in [3.8, 4) is 0 Å². The van der Waals surface area contributed by atoms with Gasteiger partial charge in [-0.25, -0.2) is 4.79 Å². The van der Waals surface area contributed by atoms with Gasteiger partial charge in [0.05, 0.1) is 25.4 Å². The Labute approximate surface area is 154 Å². The monoisotopic (exact) mass is 388 g/mol. The Kier molecular flexibility index (Phi) is 5.99. The van der Waals surface area contributed by atoms with Crippen molar-refractivity contribution in [2.24, 2.45) is 11.8 Å². The lowest BCUT2D eigenvalue weighted by Gasteiger charge is -2.43. The molecule has 10 nitrogen and oxygen atoms in total. The highest BCUT2D eigenvalue weighted by atomic mass is 16.7. The molecule has 10 heteroatoms. The lowest BCUT2D eigenvalue weighted by Crippen LogP contribution is -2.60. The molecule has 152 valence electrons. The number of carboxylic acids is 1. The van der Waals surface area contributed by atoms with Crippen LogP contribution in [0.4, 0.5) is 0 Å². The molecule has 0 amide bonds. The fourth-order valence-corrected chi connectivity index (χ4v) is 4.13. The molecule has 0 bridgehead atoms. The number of carboxylic acid groups (broad SMARTS) is 1. The Morgan fingerprint density at radius 3 is 2.41 bits per heavy atom. The molecule has 7 N–H and O–H groups in total. The highest BCUT2D eigenvalue weighted by Gasteiger charge is 2.50. The second-order valence-electron chi connectivity index (χ2n) is 7.01. The van der Waals surface area contributed by atoms with Crippen LogP contribution in [0.1, 0.15) is 6.42 Å². The van der Waals surface area contributed by atoms with Crippen molar-refractivity contribution in [2.75, 3.05) is 13.2 Å². The Bertz CT molecular complexity index is 629. The average Bonchev–Trinajstić information content (AvgIpc) is 2.99. The first-order valence-electron chi connectivity index (χ1n) is 8.69. The lowest BCUT2D eigenvalue weighted by atomic mass is 9.75. The molecule has 1 aliphatic heterocycles. The fraction of sp³-hybridized carbons (Fsp3) is 0.706.